The van der Waals surface area contributed by atoms with Gasteiger partial charge in [-0.3, -0.25) is 0 Å². The van der Waals surface area contributed by atoms with Crippen molar-refractivity contribution in [3.05, 3.63) is 23.8 Å². The largest absolute Gasteiger partial charge is 0.497 e. The van der Waals surface area contributed by atoms with Crippen molar-refractivity contribution in [2.45, 2.75) is 31.3 Å². The molecule has 2 atom stereocenters. The van der Waals surface area contributed by atoms with E-state index < -0.39 is 0 Å². The highest BCUT2D eigenvalue weighted by Gasteiger charge is 2.23. The van der Waals surface area contributed by atoms with Crippen molar-refractivity contribution in [2.75, 3.05) is 20.8 Å². The maximum atomic E-state index is 6.35. The number of nitrogens with two attached hydrogens (primary N) is 1. The summed E-state index contributed by atoms with van der Waals surface area (Å²) in [5, 5.41) is 3.49. The Bertz CT molecular complexity index is 389. The molecule has 3 N–H and O–H groups in total. The Morgan fingerprint density at radius 1 is 1.28 bits per heavy atom. The van der Waals surface area contributed by atoms with E-state index in [1.807, 2.05) is 18.2 Å². The topological polar surface area (TPSA) is 56.5 Å². The van der Waals surface area contributed by atoms with Crippen LogP contribution in [-0.2, 0) is 0 Å². The van der Waals surface area contributed by atoms with Gasteiger partial charge in [-0.15, -0.1) is 0 Å². The second kappa shape index (κ2) is 6.07. The van der Waals surface area contributed by atoms with Gasteiger partial charge in [-0.2, -0.15) is 0 Å². The van der Waals surface area contributed by atoms with Crippen LogP contribution in [0.2, 0.25) is 0 Å². The van der Waals surface area contributed by atoms with Crippen LogP contribution >= 0.6 is 0 Å². The third kappa shape index (κ3) is 2.76. The van der Waals surface area contributed by atoms with Gasteiger partial charge in [0.05, 0.1) is 14.2 Å². The molecule has 4 nitrogen and oxygen atoms in total. The molecule has 0 aromatic heterocycles. The SMILES string of the molecule is COc1ccc(C(N)C2CCCCN2)c(OC)c1. The van der Waals surface area contributed by atoms with Gasteiger partial charge in [0.2, 0.25) is 0 Å². The lowest BCUT2D eigenvalue weighted by Gasteiger charge is -2.30. The van der Waals surface area contributed by atoms with Gasteiger partial charge in [0.15, 0.2) is 0 Å². The second-order valence-corrected chi connectivity index (χ2v) is 4.69. The molecule has 1 aliphatic rings. The molecule has 4 heteroatoms. The molecule has 0 bridgehead atoms. The van der Waals surface area contributed by atoms with Gasteiger partial charge in [-0.25, -0.2) is 0 Å². The zero-order valence-electron chi connectivity index (χ0n) is 11.1. The number of methoxy groups -OCH3 is 2. The van der Waals surface area contributed by atoms with Crippen molar-refractivity contribution in [2.24, 2.45) is 5.73 Å². The average Bonchev–Trinajstić information content (AvgIpc) is 2.46. The minimum absolute atomic E-state index is 0.0360. The molecule has 0 spiro atoms. The summed E-state index contributed by atoms with van der Waals surface area (Å²) in [6.07, 6.45) is 3.60. The van der Waals surface area contributed by atoms with Crippen LogP contribution in [0.5, 0.6) is 11.5 Å². The van der Waals surface area contributed by atoms with E-state index in [1.54, 1.807) is 14.2 Å². The fourth-order valence-electron chi connectivity index (χ4n) is 2.50. The van der Waals surface area contributed by atoms with Crippen molar-refractivity contribution >= 4 is 0 Å². The predicted octanol–water partition coefficient (Wildman–Crippen LogP) is 1.85. The lowest BCUT2D eigenvalue weighted by atomic mass is 9.92. The van der Waals surface area contributed by atoms with Crippen molar-refractivity contribution < 1.29 is 9.47 Å². The number of hydrogen-bond acceptors (Lipinski definition) is 4. The van der Waals surface area contributed by atoms with Gasteiger partial charge in [-0.1, -0.05) is 12.5 Å². The lowest BCUT2D eigenvalue weighted by Crippen LogP contribution is -2.42. The van der Waals surface area contributed by atoms with Gasteiger partial charge in [0.25, 0.3) is 0 Å². The fraction of sp³-hybridized carbons (Fsp3) is 0.571. The Balaban J connectivity index is 2.20. The van der Waals surface area contributed by atoms with Gasteiger partial charge in [0, 0.05) is 23.7 Å². The standard InChI is InChI=1S/C14H22N2O2/c1-17-10-6-7-11(13(9-10)18-2)14(15)12-5-3-4-8-16-12/h6-7,9,12,14,16H,3-5,8,15H2,1-2H3. The number of nitrogens with one attached hydrogen (secondary N) is 1. The number of rotatable bonds is 4. The molecule has 0 saturated carbocycles. The average molecular weight is 250 g/mol. The molecular formula is C14H22N2O2. The highest BCUT2D eigenvalue weighted by Crippen LogP contribution is 2.31. The van der Waals surface area contributed by atoms with E-state index in [2.05, 4.69) is 5.32 Å². The molecule has 1 saturated heterocycles. The predicted molar refractivity (Wildman–Crippen MR) is 72.1 cm³/mol. The summed E-state index contributed by atoms with van der Waals surface area (Å²) in [6, 6.07) is 6.11. The zero-order chi connectivity index (χ0) is 13.0. The Morgan fingerprint density at radius 2 is 2.11 bits per heavy atom. The first-order valence-corrected chi connectivity index (χ1v) is 6.47. The van der Waals surface area contributed by atoms with Gasteiger partial charge in [-0.05, 0) is 25.5 Å². The number of piperidine rings is 1. The molecule has 1 aromatic carbocycles. The van der Waals surface area contributed by atoms with Crippen molar-refractivity contribution in [3.63, 3.8) is 0 Å². The summed E-state index contributed by atoms with van der Waals surface area (Å²) in [5.41, 5.74) is 7.39. The molecule has 1 heterocycles. The lowest BCUT2D eigenvalue weighted by molar-refractivity contribution is 0.340. The summed E-state index contributed by atoms with van der Waals surface area (Å²) >= 11 is 0. The van der Waals surface area contributed by atoms with Gasteiger partial charge in [0.1, 0.15) is 11.5 Å². The summed E-state index contributed by atoms with van der Waals surface area (Å²) in [7, 11) is 3.32. The Kier molecular flexibility index (Phi) is 4.44. The molecule has 1 aromatic rings. The minimum Gasteiger partial charge on any atom is -0.497 e. The van der Waals surface area contributed by atoms with E-state index in [1.165, 1.54) is 12.8 Å². The quantitative estimate of drug-likeness (QED) is 0.856. The molecule has 100 valence electrons. The van der Waals surface area contributed by atoms with Crippen LogP contribution in [0, 0.1) is 0 Å². The van der Waals surface area contributed by atoms with Crippen LogP contribution < -0.4 is 20.5 Å². The minimum atomic E-state index is -0.0360. The smallest absolute Gasteiger partial charge is 0.127 e. The molecule has 1 aliphatic heterocycles. The van der Waals surface area contributed by atoms with Crippen LogP contribution in [-0.4, -0.2) is 26.8 Å². The highest BCUT2D eigenvalue weighted by molar-refractivity contribution is 5.43. The van der Waals surface area contributed by atoms with E-state index in [0.29, 0.717) is 6.04 Å². The molecule has 18 heavy (non-hydrogen) atoms. The van der Waals surface area contributed by atoms with Crippen LogP contribution in [0.4, 0.5) is 0 Å². The molecule has 2 rings (SSSR count). The molecular weight excluding hydrogens is 228 g/mol. The maximum Gasteiger partial charge on any atom is 0.127 e. The summed E-state index contributed by atoms with van der Waals surface area (Å²) in [4.78, 5) is 0. The summed E-state index contributed by atoms with van der Waals surface area (Å²) in [5.74, 6) is 1.59. The second-order valence-electron chi connectivity index (χ2n) is 4.69. The van der Waals surface area contributed by atoms with Gasteiger partial charge >= 0.3 is 0 Å². The molecule has 2 unspecified atom stereocenters. The highest BCUT2D eigenvalue weighted by atomic mass is 16.5. The Labute approximate surface area is 108 Å². The molecule has 1 fully saturated rings. The van der Waals surface area contributed by atoms with E-state index in [0.717, 1.165) is 30.0 Å². The first-order valence-electron chi connectivity index (χ1n) is 6.47. The Hall–Kier alpha value is -1.26. The first kappa shape index (κ1) is 13.2. The van der Waals surface area contributed by atoms with E-state index in [9.17, 15) is 0 Å². The monoisotopic (exact) mass is 250 g/mol. The van der Waals surface area contributed by atoms with Crippen molar-refractivity contribution in [3.8, 4) is 11.5 Å². The maximum absolute atomic E-state index is 6.35. The van der Waals surface area contributed by atoms with Crippen molar-refractivity contribution in [1.29, 1.82) is 0 Å². The van der Waals surface area contributed by atoms with Gasteiger partial charge < -0.3 is 20.5 Å². The van der Waals surface area contributed by atoms with E-state index in [4.69, 9.17) is 15.2 Å². The third-order valence-corrected chi connectivity index (χ3v) is 3.58. The Morgan fingerprint density at radius 3 is 2.72 bits per heavy atom. The number of benzene rings is 1. The zero-order valence-corrected chi connectivity index (χ0v) is 11.1. The first-order chi connectivity index (χ1) is 8.76. The van der Waals surface area contributed by atoms with Crippen LogP contribution in [0.25, 0.3) is 0 Å². The third-order valence-electron chi connectivity index (χ3n) is 3.58. The van der Waals surface area contributed by atoms with E-state index in [-0.39, 0.29) is 6.04 Å². The number of ether oxygens (including phenoxy) is 2. The van der Waals surface area contributed by atoms with Crippen LogP contribution in [0.15, 0.2) is 18.2 Å². The fourth-order valence-corrected chi connectivity index (χ4v) is 2.50. The summed E-state index contributed by atoms with van der Waals surface area (Å²) in [6.45, 7) is 1.05. The molecule has 0 aliphatic carbocycles. The molecule has 0 radical (unpaired) electrons. The molecule has 0 amide bonds. The van der Waals surface area contributed by atoms with Crippen LogP contribution in [0.1, 0.15) is 30.9 Å². The summed E-state index contributed by atoms with van der Waals surface area (Å²) < 4.78 is 10.6. The van der Waals surface area contributed by atoms with Crippen molar-refractivity contribution in [1.82, 2.24) is 5.32 Å². The number of hydrogen-bond donors (Lipinski definition) is 2. The van der Waals surface area contributed by atoms with Crippen LogP contribution in [0.3, 0.4) is 0 Å². The van der Waals surface area contributed by atoms with E-state index >= 15 is 0 Å². The normalized spacial score (nSPS) is 21.4.